The molecule has 1 N–H and O–H groups in total. The van der Waals surface area contributed by atoms with Crippen LogP contribution < -0.4 is 0 Å². The van der Waals surface area contributed by atoms with Crippen molar-refractivity contribution in [3.63, 3.8) is 0 Å². The number of hydrogen-bond donors (Lipinski definition) is 1. The van der Waals surface area contributed by atoms with Gasteiger partial charge in [0.2, 0.25) is 0 Å². The summed E-state index contributed by atoms with van der Waals surface area (Å²) in [5.41, 5.74) is 3.25. The molecule has 2 unspecified atom stereocenters. The summed E-state index contributed by atoms with van der Waals surface area (Å²) >= 11 is 5.42. The number of fused-ring (bicyclic) bond motifs is 1. The first-order valence-electron chi connectivity index (χ1n) is 6.27. The lowest BCUT2D eigenvalue weighted by molar-refractivity contribution is 0.611. The SMILES string of the molecule is CCCC1CC1n1c(=S)[nH]c2cc(C)cnc21. The smallest absolute Gasteiger partial charge is 0.179 e. The molecule has 4 heteroatoms. The molecule has 0 spiro atoms. The van der Waals surface area contributed by atoms with Crippen molar-refractivity contribution in [2.75, 3.05) is 0 Å². The molecule has 1 aliphatic carbocycles. The highest BCUT2D eigenvalue weighted by atomic mass is 32.1. The van der Waals surface area contributed by atoms with E-state index in [1.165, 1.54) is 24.8 Å². The van der Waals surface area contributed by atoms with Gasteiger partial charge in [-0.1, -0.05) is 13.3 Å². The molecule has 1 fully saturated rings. The molecule has 0 aliphatic heterocycles. The Morgan fingerprint density at radius 3 is 3.18 bits per heavy atom. The van der Waals surface area contributed by atoms with E-state index in [0.717, 1.165) is 21.9 Å². The van der Waals surface area contributed by atoms with Gasteiger partial charge in [-0.2, -0.15) is 0 Å². The van der Waals surface area contributed by atoms with Crippen molar-refractivity contribution in [2.24, 2.45) is 5.92 Å². The minimum atomic E-state index is 0.575. The molecule has 0 bridgehead atoms. The van der Waals surface area contributed by atoms with Crippen LogP contribution in [-0.4, -0.2) is 14.5 Å². The van der Waals surface area contributed by atoms with Crippen LogP contribution in [0.3, 0.4) is 0 Å². The number of hydrogen-bond acceptors (Lipinski definition) is 2. The molecule has 2 aromatic heterocycles. The van der Waals surface area contributed by atoms with Crippen LogP contribution in [0, 0.1) is 17.6 Å². The van der Waals surface area contributed by atoms with Crippen LogP contribution in [0.2, 0.25) is 0 Å². The topological polar surface area (TPSA) is 33.6 Å². The number of nitrogens with one attached hydrogen (secondary N) is 1. The van der Waals surface area contributed by atoms with Crippen LogP contribution in [-0.2, 0) is 0 Å². The zero-order chi connectivity index (χ0) is 12.0. The van der Waals surface area contributed by atoms with E-state index in [4.69, 9.17) is 12.2 Å². The summed E-state index contributed by atoms with van der Waals surface area (Å²) in [4.78, 5) is 7.79. The summed E-state index contributed by atoms with van der Waals surface area (Å²) in [6.45, 7) is 4.29. The van der Waals surface area contributed by atoms with E-state index in [1.807, 2.05) is 6.20 Å². The fourth-order valence-electron chi connectivity index (χ4n) is 2.65. The quantitative estimate of drug-likeness (QED) is 0.838. The van der Waals surface area contributed by atoms with E-state index < -0.39 is 0 Å². The molecule has 1 saturated carbocycles. The molecule has 90 valence electrons. The predicted molar refractivity (Wildman–Crippen MR) is 71.7 cm³/mol. The van der Waals surface area contributed by atoms with Gasteiger partial charge in [0.25, 0.3) is 0 Å². The van der Waals surface area contributed by atoms with E-state index in [2.05, 4.69) is 34.4 Å². The van der Waals surface area contributed by atoms with E-state index in [-0.39, 0.29) is 0 Å². The van der Waals surface area contributed by atoms with E-state index in [0.29, 0.717) is 6.04 Å². The lowest BCUT2D eigenvalue weighted by Gasteiger charge is -2.02. The normalized spacial score (nSPS) is 23.2. The van der Waals surface area contributed by atoms with Gasteiger partial charge in [-0.15, -0.1) is 0 Å². The van der Waals surface area contributed by atoms with E-state index in [1.54, 1.807) is 0 Å². The number of pyridine rings is 1. The molecule has 3 nitrogen and oxygen atoms in total. The maximum Gasteiger partial charge on any atom is 0.179 e. The number of aryl methyl sites for hydroxylation is 1. The summed E-state index contributed by atoms with van der Waals surface area (Å²) < 4.78 is 3.03. The third-order valence-electron chi connectivity index (χ3n) is 3.57. The summed E-state index contributed by atoms with van der Waals surface area (Å²) in [7, 11) is 0. The number of imidazole rings is 1. The maximum atomic E-state index is 5.42. The standard InChI is InChI=1S/C13H17N3S/c1-3-4-9-6-11(9)16-12-10(15-13(16)17)5-8(2)7-14-12/h5,7,9,11H,3-4,6H2,1-2H3,(H,15,17). The Morgan fingerprint density at radius 2 is 2.41 bits per heavy atom. The van der Waals surface area contributed by atoms with Crippen molar-refractivity contribution in [1.82, 2.24) is 14.5 Å². The molecule has 0 amide bonds. The first-order chi connectivity index (χ1) is 8.20. The van der Waals surface area contributed by atoms with Gasteiger partial charge >= 0.3 is 0 Å². The largest absolute Gasteiger partial charge is 0.329 e. The highest BCUT2D eigenvalue weighted by Crippen LogP contribution is 2.47. The van der Waals surface area contributed by atoms with Crippen molar-refractivity contribution >= 4 is 23.4 Å². The van der Waals surface area contributed by atoms with Gasteiger partial charge in [0.15, 0.2) is 10.4 Å². The van der Waals surface area contributed by atoms with Crippen LogP contribution in [0.5, 0.6) is 0 Å². The molecule has 3 rings (SSSR count). The van der Waals surface area contributed by atoms with Crippen molar-refractivity contribution in [2.45, 2.75) is 39.2 Å². The fraction of sp³-hybridized carbons (Fsp3) is 0.538. The molecule has 0 radical (unpaired) electrons. The van der Waals surface area contributed by atoms with Crippen molar-refractivity contribution in [1.29, 1.82) is 0 Å². The van der Waals surface area contributed by atoms with Gasteiger partial charge < -0.3 is 4.98 Å². The van der Waals surface area contributed by atoms with E-state index in [9.17, 15) is 0 Å². The third kappa shape index (κ3) is 1.80. The van der Waals surface area contributed by atoms with Gasteiger partial charge in [-0.05, 0) is 49.5 Å². The zero-order valence-corrected chi connectivity index (χ0v) is 11.0. The molecule has 0 saturated heterocycles. The fourth-order valence-corrected chi connectivity index (χ4v) is 2.99. The molecule has 2 atom stereocenters. The second kappa shape index (κ2) is 3.95. The molecular formula is C13H17N3S. The van der Waals surface area contributed by atoms with Crippen molar-refractivity contribution in [3.05, 3.63) is 22.6 Å². The minimum absolute atomic E-state index is 0.575. The highest BCUT2D eigenvalue weighted by Gasteiger charge is 2.39. The molecule has 2 heterocycles. The van der Waals surface area contributed by atoms with Crippen molar-refractivity contribution < 1.29 is 0 Å². The Balaban J connectivity index is 2.05. The Bertz CT molecular complexity index is 611. The average molecular weight is 247 g/mol. The maximum absolute atomic E-state index is 5.42. The molecule has 1 aliphatic rings. The van der Waals surface area contributed by atoms with E-state index >= 15 is 0 Å². The molecule has 0 aromatic carbocycles. The number of nitrogens with zero attached hydrogens (tertiary/aromatic N) is 2. The first kappa shape index (κ1) is 11.0. The van der Waals surface area contributed by atoms with Gasteiger partial charge in [-0.25, -0.2) is 4.98 Å². The predicted octanol–water partition coefficient (Wildman–Crippen LogP) is 3.76. The summed E-state index contributed by atoms with van der Waals surface area (Å²) in [6.07, 6.45) is 5.72. The number of H-pyrrole nitrogens is 1. The van der Waals surface area contributed by atoms with Crippen LogP contribution in [0.15, 0.2) is 12.3 Å². The van der Waals surface area contributed by atoms with Gasteiger partial charge in [-0.3, -0.25) is 4.57 Å². The third-order valence-corrected chi connectivity index (χ3v) is 3.87. The van der Waals surface area contributed by atoms with Gasteiger partial charge in [0, 0.05) is 12.2 Å². The summed E-state index contributed by atoms with van der Waals surface area (Å²) in [5.74, 6) is 0.800. The first-order valence-corrected chi connectivity index (χ1v) is 6.68. The van der Waals surface area contributed by atoms with Crippen LogP contribution in [0.1, 0.15) is 37.8 Å². The van der Waals surface area contributed by atoms with Gasteiger partial charge in [0.1, 0.15) is 0 Å². The highest BCUT2D eigenvalue weighted by molar-refractivity contribution is 7.71. The van der Waals surface area contributed by atoms with Crippen LogP contribution in [0.4, 0.5) is 0 Å². The Kier molecular flexibility index (Phi) is 2.54. The zero-order valence-electron chi connectivity index (χ0n) is 10.2. The van der Waals surface area contributed by atoms with Gasteiger partial charge in [0.05, 0.1) is 5.52 Å². The molecular weight excluding hydrogens is 230 g/mol. The minimum Gasteiger partial charge on any atom is -0.329 e. The Labute approximate surface area is 106 Å². The summed E-state index contributed by atoms with van der Waals surface area (Å²) in [6, 6.07) is 2.69. The second-order valence-electron chi connectivity index (χ2n) is 5.04. The monoisotopic (exact) mass is 247 g/mol. The summed E-state index contributed by atoms with van der Waals surface area (Å²) in [5, 5.41) is 0. The number of rotatable bonds is 3. The Morgan fingerprint density at radius 1 is 1.59 bits per heavy atom. The average Bonchev–Trinajstić information content (AvgIpc) is 2.94. The number of aromatic amines is 1. The lowest BCUT2D eigenvalue weighted by atomic mass is 10.2. The second-order valence-corrected chi connectivity index (χ2v) is 5.42. The molecule has 17 heavy (non-hydrogen) atoms. The van der Waals surface area contributed by atoms with Crippen LogP contribution >= 0.6 is 12.2 Å². The molecule has 2 aromatic rings. The lowest BCUT2D eigenvalue weighted by Crippen LogP contribution is -1.98. The van der Waals surface area contributed by atoms with Crippen LogP contribution in [0.25, 0.3) is 11.2 Å². The van der Waals surface area contributed by atoms with Crippen molar-refractivity contribution in [3.8, 4) is 0 Å². The Hall–Kier alpha value is -1.16. The number of aromatic nitrogens is 3.